The molecule has 1 aromatic heterocycles. The van der Waals surface area contributed by atoms with Crippen LogP contribution >= 0.6 is 11.6 Å². The van der Waals surface area contributed by atoms with Crippen molar-refractivity contribution in [2.24, 2.45) is 0 Å². The highest BCUT2D eigenvalue weighted by molar-refractivity contribution is 6.31. The minimum absolute atomic E-state index is 0.199. The molecule has 1 aliphatic rings. The summed E-state index contributed by atoms with van der Waals surface area (Å²) in [5, 5.41) is 15.3. The molecule has 0 saturated carbocycles. The van der Waals surface area contributed by atoms with E-state index in [-0.39, 0.29) is 5.75 Å². The maximum Gasteiger partial charge on any atom is 0.124 e. The Kier molecular flexibility index (Phi) is 7.15. The molecule has 7 aromatic rings. The number of aromatic nitrogens is 1. The fraction of sp³-hybridized carbons (Fsp3) is 0.0952. The summed E-state index contributed by atoms with van der Waals surface area (Å²) in [6, 6.07) is 42.6. The Balaban J connectivity index is 1.58. The van der Waals surface area contributed by atoms with Crippen molar-refractivity contribution >= 4 is 38.8 Å². The molecular formula is C42H32ClNO4. The van der Waals surface area contributed by atoms with Gasteiger partial charge in [0.15, 0.2) is 0 Å². The van der Waals surface area contributed by atoms with Gasteiger partial charge in [0.25, 0.3) is 0 Å². The second kappa shape index (κ2) is 11.5. The molecule has 6 heteroatoms. The number of halogens is 1. The molecule has 1 aliphatic heterocycles. The number of benzene rings is 6. The lowest BCUT2D eigenvalue weighted by Gasteiger charge is -2.33. The van der Waals surface area contributed by atoms with E-state index in [0.717, 1.165) is 78.0 Å². The van der Waals surface area contributed by atoms with Crippen molar-refractivity contribution in [2.45, 2.75) is 5.54 Å². The predicted octanol–water partition coefficient (Wildman–Crippen LogP) is 10.1. The zero-order chi connectivity index (χ0) is 33.0. The quantitative estimate of drug-likeness (QED) is 0.187. The van der Waals surface area contributed by atoms with Gasteiger partial charge in [-0.1, -0.05) is 78.3 Å². The van der Waals surface area contributed by atoms with Gasteiger partial charge >= 0.3 is 0 Å². The first-order valence-electron chi connectivity index (χ1n) is 15.7. The van der Waals surface area contributed by atoms with Gasteiger partial charge in [0.05, 0.1) is 32.5 Å². The van der Waals surface area contributed by atoms with E-state index < -0.39 is 5.54 Å². The summed E-state index contributed by atoms with van der Waals surface area (Å²) in [6.45, 7) is 0. The number of ether oxygens (including phenoxy) is 3. The van der Waals surface area contributed by atoms with Crippen LogP contribution < -0.4 is 14.2 Å². The number of aromatic hydroxyl groups is 1. The number of methoxy groups -OCH3 is 3. The van der Waals surface area contributed by atoms with Gasteiger partial charge in [-0.15, -0.1) is 0 Å². The monoisotopic (exact) mass is 649 g/mol. The lowest BCUT2D eigenvalue weighted by molar-refractivity contribution is 0.413. The Bertz CT molecular complexity index is 2310. The standard InChI is InChI=1S/C42H32ClNO4/c1-46-31-16-8-27(9-17-31)36-25-42(28-11-18-32(47-2)19-12-28,29-13-20-33(48-3)21-14-29)44-37-22-15-30(43)24-35(37)40(41(36)44)39-34-7-5-4-6-26(34)10-23-38(39)45/h4-25,45H,1-3H3. The van der Waals surface area contributed by atoms with Crippen molar-refractivity contribution in [2.75, 3.05) is 21.3 Å². The van der Waals surface area contributed by atoms with E-state index in [1.54, 1.807) is 27.4 Å². The molecule has 0 saturated heterocycles. The van der Waals surface area contributed by atoms with Gasteiger partial charge in [0.1, 0.15) is 28.5 Å². The summed E-state index contributed by atoms with van der Waals surface area (Å²) in [6.07, 6.45) is 2.34. The van der Waals surface area contributed by atoms with Crippen LogP contribution in [0.4, 0.5) is 0 Å². The molecular weight excluding hydrogens is 618 g/mol. The van der Waals surface area contributed by atoms with Gasteiger partial charge < -0.3 is 23.9 Å². The maximum absolute atomic E-state index is 11.7. The minimum atomic E-state index is -0.812. The van der Waals surface area contributed by atoms with Crippen LogP contribution in [0.15, 0.2) is 133 Å². The van der Waals surface area contributed by atoms with E-state index in [4.69, 9.17) is 25.8 Å². The van der Waals surface area contributed by atoms with Gasteiger partial charge in [-0.3, -0.25) is 0 Å². The van der Waals surface area contributed by atoms with Crippen molar-refractivity contribution in [1.29, 1.82) is 0 Å². The Morgan fingerprint density at radius 3 is 1.79 bits per heavy atom. The van der Waals surface area contributed by atoms with Crippen molar-refractivity contribution in [3.63, 3.8) is 0 Å². The largest absolute Gasteiger partial charge is 0.507 e. The summed E-state index contributed by atoms with van der Waals surface area (Å²) in [5.74, 6) is 2.51. The number of fused-ring (bicyclic) bond motifs is 4. The maximum atomic E-state index is 11.7. The highest BCUT2D eigenvalue weighted by Crippen LogP contribution is 2.56. The van der Waals surface area contributed by atoms with E-state index in [9.17, 15) is 5.11 Å². The van der Waals surface area contributed by atoms with E-state index >= 15 is 0 Å². The first-order chi connectivity index (χ1) is 23.5. The molecule has 0 fully saturated rings. The molecule has 1 N–H and O–H groups in total. The third kappa shape index (κ3) is 4.46. The third-order valence-electron chi connectivity index (χ3n) is 9.51. The van der Waals surface area contributed by atoms with Crippen molar-refractivity contribution in [3.05, 3.63) is 161 Å². The molecule has 6 aromatic carbocycles. The fourth-order valence-corrected chi connectivity index (χ4v) is 7.45. The van der Waals surface area contributed by atoms with Gasteiger partial charge in [-0.2, -0.15) is 0 Å². The van der Waals surface area contributed by atoms with Crippen LogP contribution in [-0.4, -0.2) is 31.0 Å². The van der Waals surface area contributed by atoms with Gasteiger partial charge in [-0.25, -0.2) is 0 Å². The Hall–Kier alpha value is -5.65. The van der Waals surface area contributed by atoms with Crippen molar-refractivity contribution in [3.8, 4) is 34.1 Å². The molecule has 48 heavy (non-hydrogen) atoms. The Morgan fingerprint density at radius 1 is 0.604 bits per heavy atom. The van der Waals surface area contributed by atoms with E-state index in [1.165, 1.54) is 0 Å². The van der Waals surface area contributed by atoms with Gasteiger partial charge in [0.2, 0.25) is 0 Å². The van der Waals surface area contributed by atoms with E-state index in [1.807, 2.05) is 66.7 Å². The molecule has 2 heterocycles. The van der Waals surface area contributed by atoms with Crippen LogP contribution in [-0.2, 0) is 5.54 Å². The molecule has 236 valence electrons. The van der Waals surface area contributed by atoms with Crippen molar-refractivity contribution in [1.82, 2.24) is 4.57 Å². The van der Waals surface area contributed by atoms with Crippen LogP contribution in [0, 0.1) is 0 Å². The average molecular weight is 650 g/mol. The molecule has 0 spiro atoms. The number of nitrogens with zero attached hydrogens (tertiary/aromatic N) is 1. The van der Waals surface area contributed by atoms with Crippen LogP contribution in [0.3, 0.4) is 0 Å². The number of phenolic OH excluding ortho intramolecular Hbond substituents is 1. The highest BCUT2D eigenvalue weighted by atomic mass is 35.5. The van der Waals surface area contributed by atoms with Crippen LogP contribution in [0.1, 0.15) is 22.4 Å². The first kappa shape index (κ1) is 29.7. The summed E-state index contributed by atoms with van der Waals surface area (Å²) < 4.78 is 19.1. The van der Waals surface area contributed by atoms with E-state index in [2.05, 4.69) is 65.2 Å². The van der Waals surface area contributed by atoms with Crippen LogP contribution in [0.25, 0.3) is 38.4 Å². The molecule has 0 unspecified atom stereocenters. The lowest BCUT2D eigenvalue weighted by Crippen LogP contribution is -2.32. The zero-order valence-corrected chi connectivity index (χ0v) is 27.5. The molecule has 8 rings (SSSR count). The summed E-state index contributed by atoms with van der Waals surface area (Å²) in [5.41, 5.74) is 6.90. The second-order valence-corrected chi connectivity index (χ2v) is 12.3. The predicted molar refractivity (Wildman–Crippen MR) is 194 cm³/mol. The zero-order valence-electron chi connectivity index (χ0n) is 26.7. The lowest BCUT2D eigenvalue weighted by atomic mass is 9.81. The minimum Gasteiger partial charge on any atom is -0.507 e. The second-order valence-electron chi connectivity index (χ2n) is 11.9. The molecule has 0 bridgehead atoms. The normalized spacial score (nSPS) is 13.4. The topological polar surface area (TPSA) is 52.9 Å². The first-order valence-corrected chi connectivity index (χ1v) is 16.1. The van der Waals surface area contributed by atoms with Crippen molar-refractivity contribution < 1.29 is 19.3 Å². The van der Waals surface area contributed by atoms with Crippen LogP contribution in [0.2, 0.25) is 5.02 Å². The number of rotatable bonds is 7. The average Bonchev–Trinajstić information content (AvgIpc) is 3.65. The molecule has 5 nitrogen and oxygen atoms in total. The molecule has 0 aliphatic carbocycles. The van der Waals surface area contributed by atoms with E-state index in [0.29, 0.717) is 5.02 Å². The van der Waals surface area contributed by atoms with Gasteiger partial charge in [-0.05, 0) is 94.2 Å². The number of hydrogen-bond donors (Lipinski definition) is 1. The third-order valence-corrected chi connectivity index (χ3v) is 9.74. The molecule has 0 atom stereocenters. The van der Waals surface area contributed by atoms with Crippen LogP contribution in [0.5, 0.6) is 23.0 Å². The Labute approximate surface area is 283 Å². The smallest absolute Gasteiger partial charge is 0.124 e. The molecule has 0 amide bonds. The number of hydrogen-bond acceptors (Lipinski definition) is 4. The number of phenols is 1. The van der Waals surface area contributed by atoms with Gasteiger partial charge in [0, 0.05) is 27.1 Å². The summed E-state index contributed by atoms with van der Waals surface area (Å²) in [4.78, 5) is 0. The number of allylic oxidation sites excluding steroid dienone is 1. The molecule has 0 radical (unpaired) electrons. The summed E-state index contributed by atoms with van der Waals surface area (Å²) in [7, 11) is 5.02. The fourth-order valence-electron chi connectivity index (χ4n) is 7.27. The SMILES string of the molecule is COc1ccc(C2=CC(c3ccc(OC)cc3)(c3ccc(OC)cc3)n3c2c(-c2c(O)ccc4ccccc24)c2cc(Cl)ccc23)cc1. The summed E-state index contributed by atoms with van der Waals surface area (Å²) >= 11 is 6.79. The highest BCUT2D eigenvalue weighted by Gasteiger charge is 2.45. The Morgan fingerprint density at radius 2 is 1.19 bits per heavy atom.